The van der Waals surface area contributed by atoms with Crippen LogP contribution in [0, 0.1) is 12.8 Å². The van der Waals surface area contributed by atoms with Crippen molar-refractivity contribution in [1.29, 1.82) is 0 Å². The fourth-order valence-corrected chi connectivity index (χ4v) is 6.48. The van der Waals surface area contributed by atoms with Crippen molar-refractivity contribution in [3.63, 3.8) is 0 Å². The zero-order valence-corrected chi connectivity index (χ0v) is 18.8. The Labute approximate surface area is 185 Å². The summed E-state index contributed by atoms with van der Waals surface area (Å²) in [5, 5.41) is 3.02. The third-order valence-corrected chi connectivity index (χ3v) is 8.75. The van der Waals surface area contributed by atoms with Crippen molar-refractivity contribution in [2.45, 2.75) is 31.1 Å². The summed E-state index contributed by atoms with van der Waals surface area (Å²) in [7, 11) is -3.58. The van der Waals surface area contributed by atoms with E-state index in [4.69, 9.17) is 4.74 Å². The van der Waals surface area contributed by atoms with E-state index in [0.717, 1.165) is 39.2 Å². The van der Waals surface area contributed by atoms with Crippen LogP contribution >= 0.6 is 11.3 Å². The van der Waals surface area contributed by atoms with Crippen LogP contribution in [0.15, 0.2) is 40.7 Å². The number of ether oxygens (including phenoxy) is 1. The van der Waals surface area contributed by atoms with Gasteiger partial charge in [-0.2, -0.15) is 4.31 Å². The van der Waals surface area contributed by atoms with Gasteiger partial charge in [0.15, 0.2) is 0 Å². The maximum atomic E-state index is 13.1. The number of fused-ring (bicyclic) bond motifs is 2. The number of nitrogens with one attached hydrogen (secondary N) is 1. The molecule has 0 spiro atoms. The Bertz CT molecular complexity index is 1260. The highest BCUT2D eigenvalue weighted by atomic mass is 32.2. The van der Waals surface area contributed by atoms with Crippen LogP contribution in [0.1, 0.15) is 24.0 Å². The van der Waals surface area contributed by atoms with Gasteiger partial charge >= 0.3 is 0 Å². The molecule has 0 aliphatic carbocycles. The molecule has 7 nitrogen and oxygen atoms in total. The third kappa shape index (κ3) is 3.81. The first-order valence-electron chi connectivity index (χ1n) is 10.3. The molecule has 0 atom stereocenters. The number of aromatic nitrogens is 1. The van der Waals surface area contributed by atoms with Crippen LogP contribution in [-0.4, -0.2) is 43.3 Å². The molecule has 1 fully saturated rings. The van der Waals surface area contributed by atoms with Gasteiger partial charge in [-0.3, -0.25) is 4.79 Å². The second kappa shape index (κ2) is 7.89. The normalized spacial score (nSPS) is 17.5. The van der Waals surface area contributed by atoms with Gasteiger partial charge < -0.3 is 10.1 Å². The Morgan fingerprint density at radius 3 is 2.84 bits per heavy atom. The van der Waals surface area contributed by atoms with E-state index < -0.39 is 10.0 Å². The van der Waals surface area contributed by atoms with Crippen molar-refractivity contribution in [2.24, 2.45) is 5.92 Å². The van der Waals surface area contributed by atoms with E-state index in [2.05, 4.69) is 10.3 Å². The van der Waals surface area contributed by atoms with Crippen LogP contribution in [-0.2, 0) is 21.2 Å². The quantitative estimate of drug-likeness (QED) is 0.647. The molecule has 162 valence electrons. The third-order valence-electron chi connectivity index (χ3n) is 6.06. The molecule has 1 aromatic heterocycles. The molecule has 9 heteroatoms. The lowest BCUT2D eigenvalue weighted by Gasteiger charge is -2.30. The summed E-state index contributed by atoms with van der Waals surface area (Å²) in [5.74, 6) is 0.482. The average Bonchev–Trinajstić information content (AvgIpc) is 3.42. The van der Waals surface area contributed by atoms with Gasteiger partial charge in [0, 0.05) is 31.1 Å². The van der Waals surface area contributed by atoms with Crippen LogP contribution in [0.5, 0.6) is 5.75 Å². The second-order valence-corrected chi connectivity index (χ2v) is 10.8. The van der Waals surface area contributed by atoms with Gasteiger partial charge in [-0.25, -0.2) is 13.4 Å². The SMILES string of the molecule is Cc1cc2scnc2cc1NC(=O)C1CCN(S(=O)(=O)c2ccc3c(c2)CCO3)CC1. The van der Waals surface area contributed by atoms with Crippen molar-refractivity contribution in [2.75, 3.05) is 25.0 Å². The van der Waals surface area contributed by atoms with Gasteiger partial charge in [0.25, 0.3) is 0 Å². The van der Waals surface area contributed by atoms with Gasteiger partial charge in [-0.15, -0.1) is 11.3 Å². The van der Waals surface area contributed by atoms with Crippen LogP contribution in [0.2, 0.25) is 0 Å². The summed E-state index contributed by atoms with van der Waals surface area (Å²) in [5.41, 5.74) is 5.35. The lowest BCUT2D eigenvalue weighted by atomic mass is 9.97. The van der Waals surface area contributed by atoms with Gasteiger partial charge in [0.1, 0.15) is 5.75 Å². The number of thiazole rings is 1. The first-order valence-corrected chi connectivity index (χ1v) is 12.6. The summed E-state index contributed by atoms with van der Waals surface area (Å²) in [6.07, 6.45) is 1.72. The fourth-order valence-electron chi connectivity index (χ4n) is 4.21. The van der Waals surface area contributed by atoms with Crippen LogP contribution in [0.25, 0.3) is 10.2 Å². The molecule has 31 heavy (non-hydrogen) atoms. The number of rotatable bonds is 4. The van der Waals surface area contributed by atoms with E-state index in [1.54, 1.807) is 35.0 Å². The molecule has 5 rings (SSSR count). The Morgan fingerprint density at radius 2 is 2.03 bits per heavy atom. The lowest BCUT2D eigenvalue weighted by Crippen LogP contribution is -2.41. The molecule has 3 aromatic rings. The first kappa shape index (κ1) is 20.4. The molecular formula is C22H23N3O4S2. The minimum Gasteiger partial charge on any atom is -0.493 e. The molecule has 2 aliphatic heterocycles. The van der Waals surface area contributed by atoms with E-state index in [-0.39, 0.29) is 11.8 Å². The molecule has 0 unspecified atom stereocenters. The highest BCUT2D eigenvalue weighted by Gasteiger charge is 2.33. The topological polar surface area (TPSA) is 88.6 Å². The monoisotopic (exact) mass is 457 g/mol. The minimum absolute atomic E-state index is 0.0654. The summed E-state index contributed by atoms with van der Waals surface area (Å²) in [6, 6.07) is 8.98. The van der Waals surface area contributed by atoms with E-state index >= 15 is 0 Å². The van der Waals surface area contributed by atoms with E-state index in [0.29, 0.717) is 37.4 Å². The molecule has 1 N–H and O–H groups in total. The van der Waals surface area contributed by atoms with Crippen LogP contribution in [0.4, 0.5) is 5.69 Å². The molecule has 3 heterocycles. The number of amides is 1. The molecule has 0 bridgehead atoms. The first-order chi connectivity index (χ1) is 14.9. The highest BCUT2D eigenvalue weighted by molar-refractivity contribution is 7.89. The van der Waals surface area contributed by atoms with Gasteiger partial charge in [-0.1, -0.05) is 0 Å². The number of carbonyl (C=O) groups is 1. The molecular weight excluding hydrogens is 434 g/mol. The predicted octanol–water partition coefficient (Wildman–Crippen LogP) is 3.58. The minimum atomic E-state index is -3.58. The average molecular weight is 458 g/mol. The van der Waals surface area contributed by atoms with Gasteiger partial charge in [-0.05, 0) is 61.2 Å². The standard InChI is InChI=1S/C22H23N3O4S2/c1-14-10-21-19(23-13-30-21)12-18(14)24-22(26)15-4-7-25(8-5-15)31(27,28)17-2-3-20-16(11-17)6-9-29-20/h2-3,10-13,15H,4-9H2,1H3,(H,24,26). The smallest absolute Gasteiger partial charge is 0.243 e. The zero-order valence-electron chi connectivity index (χ0n) is 17.1. The molecule has 0 saturated carbocycles. The number of carbonyl (C=O) groups excluding carboxylic acids is 1. The number of aryl methyl sites for hydroxylation is 1. The van der Waals surface area contributed by atoms with Crippen molar-refractivity contribution in [3.8, 4) is 5.75 Å². The zero-order chi connectivity index (χ0) is 21.6. The van der Waals surface area contributed by atoms with E-state index in [1.165, 1.54) is 4.31 Å². The van der Waals surface area contributed by atoms with Crippen molar-refractivity contribution in [1.82, 2.24) is 9.29 Å². The van der Waals surface area contributed by atoms with Gasteiger partial charge in [0.2, 0.25) is 15.9 Å². The number of hydrogen-bond acceptors (Lipinski definition) is 6. The predicted molar refractivity (Wildman–Crippen MR) is 120 cm³/mol. The number of sulfonamides is 1. The number of piperidine rings is 1. The number of nitrogens with zero attached hydrogens (tertiary/aromatic N) is 2. The summed E-state index contributed by atoms with van der Waals surface area (Å²) in [4.78, 5) is 17.4. The fraction of sp³-hybridized carbons (Fsp3) is 0.364. The van der Waals surface area contributed by atoms with E-state index in [9.17, 15) is 13.2 Å². The second-order valence-electron chi connectivity index (χ2n) is 8.02. The number of hydrogen-bond donors (Lipinski definition) is 1. The maximum absolute atomic E-state index is 13.1. The lowest BCUT2D eigenvalue weighted by molar-refractivity contribution is -0.120. The van der Waals surface area contributed by atoms with Crippen LogP contribution < -0.4 is 10.1 Å². The van der Waals surface area contributed by atoms with Crippen molar-refractivity contribution < 1.29 is 17.9 Å². The largest absolute Gasteiger partial charge is 0.493 e. The van der Waals surface area contributed by atoms with Crippen LogP contribution in [0.3, 0.4) is 0 Å². The Hall–Kier alpha value is -2.49. The molecule has 2 aromatic carbocycles. The Balaban J connectivity index is 1.25. The summed E-state index contributed by atoms with van der Waals surface area (Å²) < 4.78 is 34.2. The summed E-state index contributed by atoms with van der Waals surface area (Å²) >= 11 is 1.57. The van der Waals surface area contributed by atoms with Crippen molar-refractivity contribution in [3.05, 3.63) is 47.0 Å². The van der Waals surface area contributed by atoms with Gasteiger partial charge in [0.05, 0.1) is 27.2 Å². The van der Waals surface area contributed by atoms with E-state index in [1.807, 2.05) is 19.1 Å². The molecule has 1 amide bonds. The highest BCUT2D eigenvalue weighted by Crippen LogP contribution is 2.31. The number of benzene rings is 2. The molecule has 0 radical (unpaired) electrons. The molecule has 2 aliphatic rings. The van der Waals surface area contributed by atoms with Crippen molar-refractivity contribution >= 4 is 43.2 Å². The Morgan fingerprint density at radius 1 is 1.23 bits per heavy atom. The summed E-state index contributed by atoms with van der Waals surface area (Å²) in [6.45, 7) is 3.22. The molecule has 1 saturated heterocycles. The number of anilines is 1. The Kier molecular flexibility index (Phi) is 5.19. The maximum Gasteiger partial charge on any atom is 0.243 e.